The van der Waals surface area contributed by atoms with E-state index >= 15 is 0 Å². The summed E-state index contributed by atoms with van der Waals surface area (Å²) in [6.45, 7) is 13.1. The van der Waals surface area contributed by atoms with Gasteiger partial charge in [0.25, 0.3) is 39.6 Å². The van der Waals surface area contributed by atoms with Crippen molar-refractivity contribution >= 4 is 92.7 Å². The Morgan fingerprint density at radius 1 is 0.504 bits per heavy atom. The van der Waals surface area contributed by atoms with Crippen LogP contribution in [0.2, 0.25) is 0 Å². The molecule has 8 aromatic rings. The fourth-order valence-corrected chi connectivity index (χ4v) is 11.8. The Balaban J connectivity index is 0.000000246. The Labute approximate surface area is 686 Å². The molecule has 6 N–H and O–H groups in total. The van der Waals surface area contributed by atoms with Crippen molar-refractivity contribution in [1.82, 2.24) is 38.8 Å². The van der Waals surface area contributed by atoms with E-state index in [4.69, 9.17) is 50.9 Å². The van der Waals surface area contributed by atoms with Crippen LogP contribution in [-0.4, -0.2) is 172 Å². The first kappa shape index (κ1) is 94.8. The summed E-state index contributed by atoms with van der Waals surface area (Å²) in [6, 6.07) is 35.5. The van der Waals surface area contributed by atoms with Gasteiger partial charge in [0.2, 0.25) is 5.91 Å². The molecule has 3 aromatic carbocycles. The number of benzene rings is 3. The molecule has 2 saturated heterocycles. The standard InChI is InChI=1S/C17H16N2O3S2.C16H17NO4.C14H13NO4.C10H13NO4.C8H11NO4.C8H9NO4.C4H7NO.C4H7NS/c1-18-8-7-13(15(20)19-9-10-24-17(19)23)14(16(18)21)22-11-12-5-3-2-4-6-12;1-3-20-16(19)13-9-10-17(2)15(18)14(13)21-11-12-7-5-4-6-8-12;1-15-8-7-11(14(17)18)12(13(15)16)19-9-10-5-3-2-4-6-10;1-4-15-10(13)7-5-6-11(2)9(12)8(7)14-3;2*1-2-13-8(12)5-3-4-9-7(11)6(5)10;6-4-2-1-3-5-4;1-4-5-2-3-6-4/h2-8H,9-11H2,1H3;4-10H,3,11H2,1-2H3;2-8H,9H2,1H3,(H,17,18);5-6H,4H2,1-3H3;10H,2-4H2,1H3,(H,9,11);3-4,10H,2H2,1H3,(H,9,11);1-3H2,(H,5,6);2-3H2,1H3. The molecule has 9 heterocycles. The summed E-state index contributed by atoms with van der Waals surface area (Å²) in [7, 11) is 7.71. The second-order valence-electron chi connectivity index (χ2n) is 24.3. The molecule has 0 atom stereocenters. The summed E-state index contributed by atoms with van der Waals surface area (Å²) >= 11 is 8.52. The van der Waals surface area contributed by atoms with Gasteiger partial charge in [0.15, 0.2) is 34.5 Å². The first-order valence-electron chi connectivity index (χ1n) is 36.3. The minimum atomic E-state index is -1.18. The van der Waals surface area contributed by atoms with Crippen molar-refractivity contribution in [1.29, 1.82) is 0 Å². The van der Waals surface area contributed by atoms with E-state index in [0.717, 1.165) is 48.4 Å². The molecule has 33 nitrogen and oxygen atoms in total. The lowest BCUT2D eigenvalue weighted by Gasteiger charge is -2.17. The maximum Gasteiger partial charge on any atom is 0.342 e. The molecule has 4 aliphatic rings. The highest BCUT2D eigenvalue weighted by Gasteiger charge is 2.30. The van der Waals surface area contributed by atoms with Gasteiger partial charge >= 0.3 is 29.8 Å². The van der Waals surface area contributed by atoms with Crippen LogP contribution in [0.25, 0.3) is 0 Å². The van der Waals surface area contributed by atoms with E-state index in [1.54, 1.807) is 68.1 Å². The average Bonchev–Trinajstić information content (AvgIpc) is 1.50. The maximum absolute atomic E-state index is 12.7. The van der Waals surface area contributed by atoms with Gasteiger partial charge in [-0.1, -0.05) is 115 Å². The van der Waals surface area contributed by atoms with Crippen LogP contribution in [-0.2, 0) is 81.3 Å². The van der Waals surface area contributed by atoms with Crippen LogP contribution in [0.1, 0.15) is 122 Å². The van der Waals surface area contributed by atoms with Gasteiger partial charge in [-0.3, -0.25) is 48.2 Å². The number of aryl methyl sites for hydroxylation is 4. The van der Waals surface area contributed by atoms with Gasteiger partial charge in [-0.2, -0.15) is 0 Å². The van der Waals surface area contributed by atoms with Crippen molar-refractivity contribution in [2.75, 3.05) is 71.2 Å². The second-order valence-corrected chi connectivity index (χ2v) is 27.3. The fourth-order valence-electron chi connectivity index (χ4n) is 9.93. The number of methoxy groups -OCH3 is 1. The zero-order valence-electron chi connectivity index (χ0n) is 66.1. The number of thioether (sulfide) groups is 2. The lowest BCUT2D eigenvalue weighted by molar-refractivity contribution is -0.139. The van der Waals surface area contributed by atoms with Crippen LogP contribution in [0.4, 0.5) is 0 Å². The molecule has 624 valence electrons. The molecule has 36 heteroatoms. The molecule has 5 aromatic heterocycles. The van der Waals surface area contributed by atoms with E-state index in [2.05, 4.69) is 37.0 Å². The van der Waals surface area contributed by atoms with Gasteiger partial charge in [0, 0.05) is 110 Å². The zero-order chi connectivity index (χ0) is 86.1. The number of aliphatic hydroxyl groups excluding tert-OH is 1. The van der Waals surface area contributed by atoms with Crippen molar-refractivity contribution in [2.45, 2.75) is 73.7 Å². The van der Waals surface area contributed by atoms with Gasteiger partial charge in [-0.15, -0.1) is 11.8 Å². The number of carbonyl (C=O) groups excluding carboxylic acids is 7. The number of nitrogens with one attached hydrogen (secondary N) is 3. The molecule has 0 radical (unpaired) electrons. The van der Waals surface area contributed by atoms with Crippen LogP contribution in [0.5, 0.6) is 28.7 Å². The number of hydrogen-bond donors (Lipinski definition) is 6. The number of amides is 3. The Morgan fingerprint density at radius 3 is 1.30 bits per heavy atom. The number of thiocarbonyl (C=S) groups is 1. The van der Waals surface area contributed by atoms with Crippen molar-refractivity contribution in [2.24, 2.45) is 33.2 Å². The van der Waals surface area contributed by atoms with E-state index in [0.29, 0.717) is 23.8 Å². The number of rotatable bonds is 20. The topological polar surface area (TPSA) is 432 Å². The molecule has 0 spiro atoms. The highest BCUT2D eigenvalue weighted by atomic mass is 32.2. The van der Waals surface area contributed by atoms with Crippen LogP contribution in [0.3, 0.4) is 0 Å². The molecule has 3 amide bonds. The summed E-state index contributed by atoms with van der Waals surface area (Å²) in [5.41, 5.74) is 0.847. The van der Waals surface area contributed by atoms with Crippen molar-refractivity contribution in [3.63, 3.8) is 0 Å². The smallest absolute Gasteiger partial charge is 0.342 e. The summed E-state index contributed by atoms with van der Waals surface area (Å²) in [5, 5.41) is 33.7. The Bertz CT molecular complexity index is 5120. The molecule has 4 aliphatic heterocycles. The quantitative estimate of drug-likeness (QED) is 0.0239. The third-order valence-corrected chi connectivity index (χ3v) is 18.3. The number of carboxylic acids is 1. The van der Waals surface area contributed by atoms with Gasteiger partial charge in [-0.05, 0) is 88.1 Å². The molecular formula is C81H93N9O24S3. The van der Waals surface area contributed by atoms with E-state index in [1.165, 1.54) is 102 Å². The molecule has 0 unspecified atom stereocenters. The third-order valence-electron chi connectivity index (χ3n) is 16.0. The number of aliphatic hydroxyl groups is 1. The van der Waals surface area contributed by atoms with Gasteiger partial charge in [-0.25, -0.2) is 24.0 Å². The molecule has 2 fully saturated rings. The Hall–Kier alpha value is -12.8. The summed E-state index contributed by atoms with van der Waals surface area (Å²) in [5.74, 6) is -3.51. The van der Waals surface area contributed by atoms with Crippen LogP contribution in [0.15, 0.2) is 193 Å². The monoisotopic (exact) mass is 1670 g/mol. The lowest BCUT2D eigenvalue weighted by Crippen LogP contribution is -2.33. The largest absolute Gasteiger partial charge is 0.503 e. The predicted octanol–water partition coefficient (Wildman–Crippen LogP) is 8.00. The van der Waals surface area contributed by atoms with Crippen LogP contribution >= 0.6 is 35.7 Å². The average molecular weight is 1670 g/mol. The number of esters is 4. The van der Waals surface area contributed by atoms with Gasteiger partial charge in [0.1, 0.15) is 46.4 Å². The van der Waals surface area contributed by atoms with Crippen LogP contribution in [0, 0.1) is 0 Å². The molecule has 12 rings (SSSR count). The highest BCUT2D eigenvalue weighted by molar-refractivity contribution is 8.23. The number of aromatic hydroxyl groups is 1. The number of ether oxygens (including phenoxy) is 8. The summed E-state index contributed by atoms with van der Waals surface area (Å²) in [4.78, 5) is 157. The van der Waals surface area contributed by atoms with E-state index < -0.39 is 58.4 Å². The lowest BCUT2D eigenvalue weighted by atomic mass is 10.1. The first-order chi connectivity index (χ1) is 56.0. The number of carboxylic acid groups (broad SMARTS) is 1. The van der Waals surface area contributed by atoms with Crippen molar-refractivity contribution in [3.8, 4) is 28.7 Å². The first-order valence-corrected chi connectivity index (χ1v) is 38.7. The zero-order valence-corrected chi connectivity index (χ0v) is 68.5. The number of hydrogen-bond acceptors (Lipinski definition) is 27. The number of aromatic carboxylic acids is 1. The predicted molar refractivity (Wildman–Crippen MR) is 442 cm³/mol. The third kappa shape index (κ3) is 29.8. The molecule has 0 aliphatic carbocycles. The molecule has 0 saturated carbocycles. The Morgan fingerprint density at radius 2 is 0.923 bits per heavy atom. The number of H-pyrrole nitrogens is 1. The SMILES string of the molecule is CC1=NCCS1.CCOC(=O)C1=C(O)C(=O)NCC1.CCOC(=O)c1cc[nH]c(=O)c1O.CCOC(=O)c1ccn(C)c(=O)c1OC.CCOC(=O)c1ccn(C)c(=O)c1OCc1ccccc1.Cn1ccc(C(=O)N2CCSC2=S)c(OCc2ccccc2)c1=O.Cn1ccc(C(=O)O)c(OCc2ccccc2)c1=O.O=C1CCCN1. The minimum absolute atomic E-state index is 0.0125. The number of nitrogens with zero attached hydrogens (tertiary/aromatic N) is 6. The molecule has 117 heavy (non-hydrogen) atoms. The fraction of sp³-hybridized carbons (Fsp3) is 0.321. The maximum atomic E-state index is 12.7. The van der Waals surface area contributed by atoms with Crippen molar-refractivity contribution < 1.29 is 91.6 Å². The Kier molecular flexibility index (Phi) is 40.3. The van der Waals surface area contributed by atoms with E-state index in [1.807, 2.05) is 103 Å². The number of carbonyl (C=O) groups is 8. The van der Waals surface area contributed by atoms with Gasteiger partial charge in [0.05, 0.1) is 49.7 Å². The minimum Gasteiger partial charge on any atom is -0.503 e. The molecular weight excluding hydrogens is 1580 g/mol. The second kappa shape index (κ2) is 49.7. The summed E-state index contributed by atoms with van der Waals surface area (Å²) in [6.07, 6.45) is 9.34. The van der Waals surface area contributed by atoms with E-state index in [9.17, 15) is 67.4 Å². The number of aliphatic imine (C=N–C) groups is 1. The number of aromatic amines is 1. The van der Waals surface area contributed by atoms with Gasteiger partial charge < -0.3 is 87.1 Å². The number of aromatic nitrogens is 5. The summed E-state index contributed by atoms with van der Waals surface area (Å²) < 4.78 is 46.5. The van der Waals surface area contributed by atoms with E-state index in [-0.39, 0.29) is 131 Å². The van der Waals surface area contributed by atoms with Crippen LogP contribution < -0.4 is 57.4 Å². The number of pyridine rings is 5. The normalized spacial score (nSPS) is 12.7. The molecule has 0 bridgehead atoms. The highest BCUT2D eigenvalue weighted by Crippen LogP contribution is 2.25. The van der Waals surface area contributed by atoms with Crippen molar-refractivity contribution in [3.05, 3.63) is 260 Å².